The van der Waals surface area contributed by atoms with Crippen molar-refractivity contribution in [2.24, 2.45) is 5.92 Å². The summed E-state index contributed by atoms with van der Waals surface area (Å²) >= 11 is 0. The third-order valence-electron chi connectivity index (χ3n) is 3.25. The highest BCUT2D eigenvalue weighted by atomic mass is 19.2. The van der Waals surface area contributed by atoms with Crippen LogP contribution in [0.2, 0.25) is 0 Å². The van der Waals surface area contributed by atoms with Crippen LogP contribution in [0.3, 0.4) is 0 Å². The second-order valence-corrected chi connectivity index (χ2v) is 4.31. The Hall–Kier alpha value is -1.45. The van der Waals surface area contributed by atoms with Crippen molar-refractivity contribution in [2.75, 3.05) is 11.4 Å². The first kappa shape index (κ1) is 12.0. The average Bonchev–Trinajstić information content (AvgIpc) is 2.22. The number of amides is 1. The van der Waals surface area contributed by atoms with Crippen molar-refractivity contribution in [3.05, 3.63) is 29.8 Å². The molecule has 1 aliphatic carbocycles. The van der Waals surface area contributed by atoms with E-state index in [1.807, 2.05) is 6.92 Å². The first-order chi connectivity index (χ1) is 8.13. The Morgan fingerprint density at radius 1 is 1.35 bits per heavy atom. The maximum Gasteiger partial charge on any atom is 0.230 e. The van der Waals surface area contributed by atoms with Crippen LogP contribution in [0.25, 0.3) is 0 Å². The summed E-state index contributed by atoms with van der Waals surface area (Å²) in [7, 11) is 0. The third-order valence-corrected chi connectivity index (χ3v) is 3.25. The summed E-state index contributed by atoms with van der Waals surface area (Å²) in [5.74, 6) is -1.73. The van der Waals surface area contributed by atoms with Gasteiger partial charge in [0.05, 0.1) is 0 Å². The molecule has 1 fully saturated rings. The van der Waals surface area contributed by atoms with Crippen molar-refractivity contribution in [3.63, 3.8) is 0 Å². The molecular formula is C13H15F2NO. The number of anilines is 1. The lowest BCUT2D eigenvalue weighted by Gasteiger charge is -2.31. The van der Waals surface area contributed by atoms with Gasteiger partial charge in [-0.2, -0.15) is 0 Å². The molecule has 0 atom stereocenters. The fourth-order valence-corrected chi connectivity index (χ4v) is 1.99. The molecule has 0 heterocycles. The molecule has 0 saturated heterocycles. The molecule has 4 heteroatoms. The van der Waals surface area contributed by atoms with Crippen molar-refractivity contribution in [2.45, 2.75) is 26.2 Å². The summed E-state index contributed by atoms with van der Waals surface area (Å²) in [6.07, 6.45) is 2.88. The van der Waals surface area contributed by atoms with Crippen LogP contribution in [0.15, 0.2) is 18.2 Å². The van der Waals surface area contributed by atoms with Crippen molar-refractivity contribution in [1.82, 2.24) is 0 Å². The van der Waals surface area contributed by atoms with Gasteiger partial charge in [-0.25, -0.2) is 8.78 Å². The second-order valence-electron chi connectivity index (χ2n) is 4.31. The fourth-order valence-electron chi connectivity index (χ4n) is 1.99. The second kappa shape index (κ2) is 4.82. The van der Waals surface area contributed by atoms with E-state index in [0.717, 1.165) is 31.4 Å². The minimum Gasteiger partial charge on any atom is -0.312 e. The van der Waals surface area contributed by atoms with Crippen LogP contribution in [-0.4, -0.2) is 12.5 Å². The van der Waals surface area contributed by atoms with Crippen LogP contribution in [0.4, 0.5) is 14.5 Å². The topological polar surface area (TPSA) is 20.3 Å². The Bertz CT molecular complexity index is 429. The predicted octanol–water partition coefficient (Wildman–Crippen LogP) is 3.12. The summed E-state index contributed by atoms with van der Waals surface area (Å²) in [6.45, 7) is 2.30. The molecule has 92 valence electrons. The highest BCUT2D eigenvalue weighted by Crippen LogP contribution is 2.30. The lowest BCUT2D eigenvalue weighted by Crippen LogP contribution is -2.38. The molecule has 0 radical (unpaired) electrons. The number of hydrogen-bond donors (Lipinski definition) is 0. The van der Waals surface area contributed by atoms with Gasteiger partial charge < -0.3 is 4.90 Å². The van der Waals surface area contributed by atoms with E-state index in [1.165, 1.54) is 11.0 Å². The molecule has 2 nitrogen and oxygen atoms in total. The van der Waals surface area contributed by atoms with E-state index in [-0.39, 0.29) is 11.8 Å². The molecule has 0 aromatic heterocycles. The molecule has 1 aromatic carbocycles. The number of carbonyl (C=O) groups is 1. The van der Waals surface area contributed by atoms with Gasteiger partial charge in [0.15, 0.2) is 11.6 Å². The molecular weight excluding hydrogens is 224 g/mol. The highest BCUT2D eigenvalue weighted by Gasteiger charge is 2.29. The zero-order valence-corrected chi connectivity index (χ0v) is 9.75. The Morgan fingerprint density at radius 2 is 2.06 bits per heavy atom. The van der Waals surface area contributed by atoms with Gasteiger partial charge in [-0.15, -0.1) is 0 Å². The maximum atomic E-state index is 13.1. The minimum absolute atomic E-state index is 0.0183. The lowest BCUT2D eigenvalue weighted by atomic mass is 9.84. The molecule has 0 N–H and O–H groups in total. The highest BCUT2D eigenvalue weighted by molar-refractivity contribution is 5.95. The molecule has 0 spiro atoms. The Kier molecular flexibility index (Phi) is 3.41. The molecule has 1 aliphatic rings. The van der Waals surface area contributed by atoms with Crippen LogP contribution in [0.1, 0.15) is 26.2 Å². The quantitative estimate of drug-likeness (QED) is 0.793. The zero-order valence-electron chi connectivity index (χ0n) is 9.75. The fraction of sp³-hybridized carbons (Fsp3) is 0.462. The van der Waals surface area contributed by atoms with Gasteiger partial charge in [-0.1, -0.05) is 6.42 Å². The largest absolute Gasteiger partial charge is 0.312 e. The van der Waals surface area contributed by atoms with E-state index >= 15 is 0 Å². The van der Waals surface area contributed by atoms with Crippen LogP contribution >= 0.6 is 0 Å². The molecule has 1 amide bonds. The van der Waals surface area contributed by atoms with Crippen molar-refractivity contribution >= 4 is 11.6 Å². The molecule has 17 heavy (non-hydrogen) atoms. The Balaban J connectivity index is 2.21. The van der Waals surface area contributed by atoms with Gasteiger partial charge in [0, 0.05) is 24.2 Å². The zero-order chi connectivity index (χ0) is 12.4. The van der Waals surface area contributed by atoms with Gasteiger partial charge in [-0.05, 0) is 31.9 Å². The van der Waals surface area contributed by atoms with Crippen LogP contribution in [-0.2, 0) is 4.79 Å². The van der Waals surface area contributed by atoms with Gasteiger partial charge in [-0.3, -0.25) is 4.79 Å². The molecule has 0 bridgehead atoms. The van der Waals surface area contributed by atoms with Crippen LogP contribution in [0.5, 0.6) is 0 Å². The number of halogens is 2. The van der Waals surface area contributed by atoms with Crippen molar-refractivity contribution in [1.29, 1.82) is 0 Å². The van der Waals surface area contributed by atoms with Gasteiger partial charge >= 0.3 is 0 Å². The van der Waals surface area contributed by atoms with E-state index in [1.54, 1.807) is 0 Å². The number of benzene rings is 1. The molecule has 0 unspecified atom stereocenters. The van der Waals surface area contributed by atoms with E-state index < -0.39 is 11.6 Å². The standard InChI is InChI=1S/C13H15F2NO/c1-2-16(13(17)9-4-3-5-9)10-6-7-11(14)12(15)8-10/h6-9H,2-5H2,1H3. The van der Waals surface area contributed by atoms with E-state index in [0.29, 0.717) is 12.2 Å². The Morgan fingerprint density at radius 3 is 2.53 bits per heavy atom. The number of nitrogens with zero attached hydrogens (tertiary/aromatic N) is 1. The van der Waals surface area contributed by atoms with Crippen LogP contribution in [0, 0.1) is 17.6 Å². The number of hydrogen-bond acceptors (Lipinski definition) is 1. The van der Waals surface area contributed by atoms with Crippen LogP contribution < -0.4 is 4.90 Å². The number of rotatable bonds is 3. The minimum atomic E-state index is -0.914. The van der Waals surface area contributed by atoms with Gasteiger partial charge in [0.1, 0.15) is 0 Å². The van der Waals surface area contributed by atoms with Crippen molar-refractivity contribution in [3.8, 4) is 0 Å². The summed E-state index contributed by atoms with van der Waals surface area (Å²) in [5, 5.41) is 0. The number of carbonyl (C=O) groups excluding carboxylic acids is 1. The first-order valence-electron chi connectivity index (χ1n) is 5.90. The first-order valence-corrected chi connectivity index (χ1v) is 5.90. The summed E-state index contributed by atoms with van der Waals surface area (Å²) in [5.41, 5.74) is 0.434. The molecule has 1 aromatic rings. The maximum absolute atomic E-state index is 13.1. The van der Waals surface area contributed by atoms with Gasteiger partial charge in [0.25, 0.3) is 0 Å². The molecule has 1 saturated carbocycles. The van der Waals surface area contributed by atoms with Crippen molar-refractivity contribution < 1.29 is 13.6 Å². The Labute approximate surface area is 99.2 Å². The molecule has 2 rings (SSSR count). The SMILES string of the molecule is CCN(C(=O)C1CCC1)c1ccc(F)c(F)c1. The normalized spacial score (nSPS) is 15.5. The smallest absolute Gasteiger partial charge is 0.230 e. The summed E-state index contributed by atoms with van der Waals surface area (Å²) < 4.78 is 25.9. The monoisotopic (exact) mass is 239 g/mol. The van der Waals surface area contributed by atoms with E-state index in [9.17, 15) is 13.6 Å². The summed E-state index contributed by atoms with van der Waals surface area (Å²) in [6, 6.07) is 3.58. The van der Waals surface area contributed by atoms with E-state index in [2.05, 4.69) is 0 Å². The van der Waals surface area contributed by atoms with E-state index in [4.69, 9.17) is 0 Å². The summed E-state index contributed by atoms with van der Waals surface area (Å²) in [4.78, 5) is 13.6. The molecule has 0 aliphatic heterocycles. The third kappa shape index (κ3) is 2.30. The lowest BCUT2D eigenvalue weighted by molar-refractivity contribution is -0.124. The average molecular weight is 239 g/mol. The predicted molar refractivity (Wildman–Crippen MR) is 61.7 cm³/mol. The van der Waals surface area contributed by atoms with Gasteiger partial charge in [0.2, 0.25) is 5.91 Å².